The lowest BCUT2D eigenvalue weighted by Crippen LogP contribution is -2.37. The number of nitrogens with one attached hydrogen (secondary N) is 1. The van der Waals surface area contributed by atoms with Crippen molar-refractivity contribution < 1.29 is 4.84 Å². The second-order valence-corrected chi connectivity index (χ2v) is 4.88. The van der Waals surface area contributed by atoms with Crippen LogP contribution >= 0.6 is 0 Å². The first-order chi connectivity index (χ1) is 8.38. The first kappa shape index (κ1) is 14.6. The summed E-state index contributed by atoms with van der Waals surface area (Å²) in [6, 6.07) is 0. The van der Waals surface area contributed by atoms with E-state index in [-0.39, 0.29) is 0 Å². The predicted molar refractivity (Wildman–Crippen MR) is 73.6 cm³/mol. The van der Waals surface area contributed by atoms with Gasteiger partial charge in [-0.3, -0.25) is 9.32 Å². The van der Waals surface area contributed by atoms with Crippen molar-refractivity contribution in [3.05, 3.63) is 0 Å². The van der Waals surface area contributed by atoms with E-state index in [9.17, 15) is 0 Å². The predicted octanol–water partition coefficient (Wildman–Crippen LogP) is 0.888. The lowest BCUT2D eigenvalue weighted by Gasteiger charge is -2.22. The Labute approximate surface area is 108 Å². The molecule has 0 saturated carbocycles. The second-order valence-electron chi connectivity index (χ2n) is 4.88. The summed E-state index contributed by atoms with van der Waals surface area (Å²) in [7, 11) is 9.37. The minimum atomic E-state index is 0.495. The van der Waals surface area contributed by atoms with Crippen molar-refractivity contribution in [3.8, 4) is 0 Å². The van der Waals surface area contributed by atoms with Crippen LogP contribution in [0.2, 0.25) is 0 Å². The second kappa shape index (κ2) is 5.92. The summed E-state index contributed by atoms with van der Waals surface area (Å²) in [4.78, 5) is 18.2. The summed E-state index contributed by atoms with van der Waals surface area (Å²) in [6.07, 6.45) is 1.01. The molecule has 18 heavy (non-hydrogen) atoms. The van der Waals surface area contributed by atoms with Gasteiger partial charge in [-0.2, -0.15) is 4.98 Å². The molecular weight excluding hydrogens is 232 g/mol. The summed E-state index contributed by atoms with van der Waals surface area (Å²) >= 11 is 0. The van der Waals surface area contributed by atoms with Gasteiger partial charge in [0.1, 0.15) is 0 Å². The van der Waals surface area contributed by atoms with Gasteiger partial charge in [0.15, 0.2) is 0 Å². The molecule has 0 aromatic carbocycles. The molecule has 0 unspecified atom stereocenters. The maximum absolute atomic E-state index is 5.11. The number of hydroxylamine groups is 1. The molecule has 1 N–H and O–H groups in total. The Bertz CT molecular complexity index is 390. The van der Waals surface area contributed by atoms with Crippen LogP contribution in [0, 0.1) is 0 Å². The summed E-state index contributed by atoms with van der Waals surface area (Å²) in [6.45, 7) is 2.92. The van der Waals surface area contributed by atoms with E-state index in [4.69, 9.17) is 4.84 Å². The third-order valence-corrected chi connectivity index (χ3v) is 2.30. The van der Waals surface area contributed by atoms with Crippen LogP contribution in [-0.2, 0) is 4.84 Å². The Morgan fingerprint density at radius 3 is 2.39 bits per heavy atom. The van der Waals surface area contributed by atoms with Gasteiger partial charge in [0, 0.05) is 13.6 Å². The highest BCUT2D eigenvalue weighted by Gasteiger charge is 2.20. The average molecular weight is 255 g/mol. The molecule has 0 fully saturated rings. The Morgan fingerprint density at radius 1 is 1.22 bits per heavy atom. The van der Waals surface area contributed by atoms with Crippen LogP contribution < -0.4 is 14.9 Å². The molecule has 1 rings (SSSR count). The van der Waals surface area contributed by atoms with Gasteiger partial charge in [0.25, 0.3) is 5.95 Å². The molecule has 0 saturated heterocycles. The summed E-state index contributed by atoms with van der Waals surface area (Å²) < 4.78 is 0.522. The molecule has 7 nitrogen and oxygen atoms in total. The Kier molecular flexibility index (Phi) is 4.80. The standard InChI is InChI=1S/C11H23N6O/c1-7-8-12-9-13-10(16(2)18-6)15-11(14-9)17(3,4)5/h7-8H2,1-6H3,(H,12,13,14,15)/q+1. The maximum atomic E-state index is 5.11. The molecule has 0 atom stereocenters. The number of rotatable bonds is 6. The molecule has 1 aromatic rings. The van der Waals surface area contributed by atoms with Crippen LogP contribution in [0.4, 0.5) is 17.8 Å². The number of quaternary nitrogens is 1. The van der Waals surface area contributed by atoms with E-state index in [2.05, 4.69) is 27.2 Å². The third-order valence-electron chi connectivity index (χ3n) is 2.30. The average Bonchev–Trinajstić information content (AvgIpc) is 2.33. The number of aromatic nitrogens is 3. The van der Waals surface area contributed by atoms with Gasteiger partial charge in [-0.05, 0) is 6.42 Å². The molecule has 7 heteroatoms. The first-order valence-corrected chi connectivity index (χ1v) is 5.98. The third kappa shape index (κ3) is 3.78. The van der Waals surface area contributed by atoms with Gasteiger partial charge in [-0.25, -0.2) is 5.06 Å². The number of anilines is 2. The van der Waals surface area contributed by atoms with E-state index >= 15 is 0 Å². The van der Waals surface area contributed by atoms with Crippen molar-refractivity contribution in [1.29, 1.82) is 0 Å². The van der Waals surface area contributed by atoms with Crippen molar-refractivity contribution in [1.82, 2.24) is 19.4 Å². The maximum Gasteiger partial charge on any atom is 0.334 e. The van der Waals surface area contributed by atoms with Crippen molar-refractivity contribution in [2.45, 2.75) is 13.3 Å². The van der Waals surface area contributed by atoms with Crippen molar-refractivity contribution in [2.24, 2.45) is 0 Å². The molecule has 102 valence electrons. The van der Waals surface area contributed by atoms with Crippen LogP contribution in [0.3, 0.4) is 0 Å². The summed E-state index contributed by atoms with van der Waals surface area (Å²) in [5.74, 6) is 1.76. The van der Waals surface area contributed by atoms with Gasteiger partial charge in [0.05, 0.1) is 28.3 Å². The number of hydrogen-bond donors (Lipinski definition) is 1. The largest absolute Gasteiger partial charge is 0.354 e. The van der Waals surface area contributed by atoms with Gasteiger partial charge >= 0.3 is 5.95 Å². The number of hydrogen-bond acceptors (Lipinski definition) is 6. The molecule has 1 aromatic heterocycles. The first-order valence-electron chi connectivity index (χ1n) is 5.98. The van der Waals surface area contributed by atoms with E-state index < -0.39 is 0 Å². The summed E-state index contributed by atoms with van der Waals surface area (Å²) in [5.41, 5.74) is 0. The zero-order valence-electron chi connectivity index (χ0n) is 12.1. The molecule has 0 spiro atoms. The lowest BCUT2D eigenvalue weighted by molar-refractivity contribution is 0.179. The molecule has 0 bridgehead atoms. The molecule has 0 aliphatic carbocycles. The molecule has 0 amide bonds. The molecule has 0 aliphatic rings. The quantitative estimate of drug-likeness (QED) is 0.601. The van der Waals surface area contributed by atoms with E-state index in [0.717, 1.165) is 13.0 Å². The van der Waals surface area contributed by atoms with E-state index in [1.165, 1.54) is 5.06 Å². The minimum Gasteiger partial charge on any atom is -0.354 e. The highest BCUT2D eigenvalue weighted by molar-refractivity contribution is 5.41. The van der Waals surface area contributed by atoms with Crippen LogP contribution in [-0.4, -0.2) is 56.8 Å². The minimum absolute atomic E-state index is 0.495. The lowest BCUT2D eigenvalue weighted by atomic mass is 10.5. The fourth-order valence-electron chi connectivity index (χ4n) is 1.19. The highest BCUT2D eigenvalue weighted by atomic mass is 16.7. The van der Waals surface area contributed by atoms with Crippen molar-refractivity contribution in [3.63, 3.8) is 0 Å². The van der Waals surface area contributed by atoms with Gasteiger partial charge < -0.3 is 5.32 Å². The molecule has 0 radical (unpaired) electrons. The van der Waals surface area contributed by atoms with E-state index in [0.29, 0.717) is 22.3 Å². The number of nitrogens with zero attached hydrogens (tertiary/aromatic N) is 5. The van der Waals surface area contributed by atoms with E-state index in [1.807, 2.05) is 21.1 Å². The normalized spacial score (nSPS) is 11.4. The topological polar surface area (TPSA) is 63.2 Å². The van der Waals surface area contributed by atoms with Crippen LogP contribution in [0.1, 0.15) is 13.3 Å². The summed E-state index contributed by atoms with van der Waals surface area (Å²) in [5, 5.41) is 4.68. The fraction of sp³-hybridized carbons (Fsp3) is 0.727. The Balaban J connectivity index is 3.12. The Hall–Kier alpha value is -1.47. The molecule has 0 aliphatic heterocycles. The van der Waals surface area contributed by atoms with Crippen molar-refractivity contribution >= 4 is 17.8 Å². The van der Waals surface area contributed by atoms with Crippen LogP contribution in [0.5, 0.6) is 0 Å². The van der Waals surface area contributed by atoms with Gasteiger partial charge in [-0.1, -0.05) is 6.92 Å². The highest BCUT2D eigenvalue weighted by Crippen LogP contribution is 2.17. The zero-order chi connectivity index (χ0) is 13.8. The zero-order valence-corrected chi connectivity index (χ0v) is 12.1. The smallest absolute Gasteiger partial charge is 0.334 e. The molecule has 1 heterocycles. The van der Waals surface area contributed by atoms with Gasteiger partial charge in [0.2, 0.25) is 5.95 Å². The fourth-order valence-corrected chi connectivity index (χ4v) is 1.19. The Morgan fingerprint density at radius 2 is 1.89 bits per heavy atom. The van der Waals surface area contributed by atoms with Crippen LogP contribution in [0.25, 0.3) is 0 Å². The monoisotopic (exact) mass is 255 g/mol. The van der Waals surface area contributed by atoms with Crippen molar-refractivity contribution in [2.75, 3.05) is 52.2 Å². The van der Waals surface area contributed by atoms with Crippen LogP contribution in [0.15, 0.2) is 0 Å². The molecular formula is C11H23N6O+. The van der Waals surface area contributed by atoms with Gasteiger partial charge in [-0.15, -0.1) is 9.97 Å². The SMILES string of the molecule is CCCNc1nc(N(C)OC)nc([N+](C)(C)C)n1. The van der Waals surface area contributed by atoms with E-state index in [1.54, 1.807) is 14.2 Å².